The summed E-state index contributed by atoms with van der Waals surface area (Å²) in [6.07, 6.45) is 1.47. The van der Waals surface area contributed by atoms with E-state index < -0.39 is 4.92 Å². The second-order valence-electron chi connectivity index (χ2n) is 5.14. The molecule has 3 rings (SSSR count). The topological polar surface area (TPSA) is 130 Å². The average Bonchev–Trinajstić information content (AvgIpc) is 3.15. The Bertz CT molecular complexity index is 1040. The highest BCUT2D eigenvalue weighted by atomic mass is 16.6. The molecule has 0 aliphatic heterocycles. The van der Waals surface area contributed by atoms with Gasteiger partial charge in [-0.15, -0.1) is 0 Å². The number of nitro groups is 1. The van der Waals surface area contributed by atoms with Gasteiger partial charge >= 0.3 is 0 Å². The minimum Gasteiger partial charge on any atom is -0.464 e. The summed E-state index contributed by atoms with van der Waals surface area (Å²) in [4.78, 5) is 10.3. The summed E-state index contributed by atoms with van der Waals surface area (Å²) in [6.45, 7) is 0. The van der Waals surface area contributed by atoms with Crippen LogP contribution in [-0.2, 0) is 0 Å². The van der Waals surface area contributed by atoms with E-state index in [0.29, 0.717) is 22.5 Å². The van der Waals surface area contributed by atoms with Crippen LogP contribution in [0.2, 0.25) is 0 Å². The van der Waals surface area contributed by atoms with Crippen molar-refractivity contribution in [2.75, 3.05) is 5.73 Å². The Kier molecular flexibility index (Phi) is 3.90. The Morgan fingerprint density at radius 1 is 1.04 bits per heavy atom. The van der Waals surface area contributed by atoms with E-state index in [1.54, 1.807) is 18.2 Å². The van der Waals surface area contributed by atoms with Gasteiger partial charge in [-0.3, -0.25) is 10.1 Å². The molecule has 2 N–H and O–H groups in total. The van der Waals surface area contributed by atoms with E-state index in [1.807, 2.05) is 12.1 Å². The largest absolute Gasteiger partial charge is 0.464 e. The number of nitriles is 2. The molecule has 7 nitrogen and oxygen atoms in total. The summed E-state index contributed by atoms with van der Waals surface area (Å²) in [7, 11) is 0. The van der Waals surface area contributed by atoms with Crippen LogP contribution in [0.5, 0.6) is 0 Å². The quantitative estimate of drug-likeness (QED) is 0.441. The minimum absolute atomic E-state index is 0.0484. The first-order valence-corrected chi connectivity index (χ1v) is 7.12. The molecule has 0 spiro atoms. The third kappa shape index (κ3) is 2.67. The van der Waals surface area contributed by atoms with Gasteiger partial charge in [0, 0.05) is 23.3 Å². The van der Waals surface area contributed by atoms with Crippen LogP contribution in [0.3, 0.4) is 0 Å². The zero-order chi connectivity index (χ0) is 18.0. The van der Waals surface area contributed by atoms with E-state index in [9.17, 15) is 20.6 Å². The molecule has 0 fully saturated rings. The number of non-ortho nitro benzene ring substituents is 1. The third-order valence-electron chi connectivity index (χ3n) is 3.77. The van der Waals surface area contributed by atoms with Crippen LogP contribution < -0.4 is 5.73 Å². The van der Waals surface area contributed by atoms with Crippen LogP contribution in [0.1, 0.15) is 11.1 Å². The number of anilines is 1. The maximum absolute atomic E-state index is 10.8. The van der Waals surface area contributed by atoms with Gasteiger partial charge in [0.05, 0.1) is 28.0 Å². The van der Waals surface area contributed by atoms with Crippen molar-refractivity contribution < 1.29 is 9.34 Å². The monoisotopic (exact) mass is 330 g/mol. The zero-order valence-corrected chi connectivity index (χ0v) is 12.8. The van der Waals surface area contributed by atoms with Crippen molar-refractivity contribution in [2.45, 2.75) is 0 Å². The molecule has 3 aromatic rings. The highest BCUT2D eigenvalue weighted by molar-refractivity contribution is 5.88. The average molecular weight is 330 g/mol. The van der Waals surface area contributed by atoms with Crippen LogP contribution >= 0.6 is 0 Å². The normalized spacial score (nSPS) is 10.0. The van der Waals surface area contributed by atoms with E-state index in [2.05, 4.69) is 0 Å². The lowest BCUT2D eigenvalue weighted by Gasteiger charge is -2.12. The smallest absolute Gasteiger partial charge is 0.269 e. The van der Waals surface area contributed by atoms with E-state index in [1.165, 1.54) is 30.5 Å². The lowest BCUT2D eigenvalue weighted by atomic mass is 9.91. The van der Waals surface area contributed by atoms with Gasteiger partial charge in [0.2, 0.25) is 0 Å². The number of nitrogen functional groups attached to an aromatic ring is 1. The van der Waals surface area contributed by atoms with Gasteiger partial charge in [-0.25, -0.2) is 0 Å². The number of hydrogen-bond acceptors (Lipinski definition) is 6. The SMILES string of the molecule is N#Cc1c(-c2ccc([N+](=O)[O-])cc2)cc(-c2ccco2)c(C#N)c1N. The molecule has 0 radical (unpaired) electrons. The number of nitro benzene ring substituents is 1. The molecule has 0 aliphatic rings. The van der Waals surface area contributed by atoms with Gasteiger partial charge in [0.25, 0.3) is 5.69 Å². The maximum atomic E-state index is 10.8. The minimum atomic E-state index is -0.504. The van der Waals surface area contributed by atoms with Crippen molar-refractivity contribution in [3.63, 3.8) is 0 Å². The Labute approximate surface area is 142 Å². The highest BCUT2D eigenvalue weighted by Gasteiger charge is 2.20. The summed E-state index contributed by atoms with van der Waals surface area (Å²) in [5.41, 5.74) is 7.81. The van der Waals surface area contributed by atoms with E-state index >= 15 is 0 Å². The zero-order valence-electron chi connectivity index (χ0n) is 12.8. The van der Waals surface area contributed by atoms with Crippen molar-refractivity contribution in [1.82, 2.24) is 0 Å². The van der Waals surface area contributed by atoms with Crippen molar-refractivity contribution in [3.8, 4) is 34.6 Å². The molecule has 0 saturated heterocycles. The number of benzene rings is 2. The van der Waals surface area contributed by atoms with Crippen molar-refractivity contribution in [1.29, 1.82) is 10.5 Å². The van der Waals surface area contributed by atoms with Gasteiger partial charge in [0.1, 0.15) is 17.9 Å². The number of furan rings is 1. The Morgan fingerprint density at radius 2 is 1.68 bits per heavy atom. The van der Waals surface area contributed by atoms with Crippen LogP contribution in [0, 0.1) is 32.8 Å². The first-order chi connectivity index (χ1) is 12.1. The van der Waals surface area contributed by atoms with E-state index in [4.69, 9.17) is 10.2 Å². The fourth-order valence-corrected chi connectivity index (χ4v) is 2.56. The predicted octanol–water partition coefficient (Wildman–Crippen LogP) is 3.85. The lowest BCUT2D eigenvalue weighted by Crippen LogP contribution is -2.00. The second kappa shape index (κ2) is 6.19. The summed E-state index contributed by atoms with van der Waals surface area (Å²) in [6, 6.07) is 14.8. The number of nitrogens with two attached hydrogens (primary N) is 1. The third-order valence-corrected chi connectivity index (χ3v) is 3.77. The van der Waals surface area contributed by atoms with Crippen LogP contribution in [0.15, 0.2) is 53.1 Å². The fraction of sp³-hybridized carbons (Fsp3) is 0. The molecule has 1 aromatic heterocycles. The summed E-state index contributed by atoms with van der Waals surface area (Å²) in [5.74, 6) is 0.441. The van der Waals surface area contributed by atoms with Gasteiger partial charge in [-0.2, -0.15) is 10.5 Å². The first kappa shape index (κ1) is 15.8. The van der Waals surface area contributed by atoms with Crippen LogP contribution in [-0.4, -0.2) is 4.92 Å². The Morgan fingerprint density at radius 3 is 2.20 bits per heavy atom. The molecule has 7 heteroatoms. The predicted molar refractivity (Wildman–Crippen MR) is 90.1 cm³/mol. The first-order valence-electron chi connectivity index (χ1n) is 7.12. The molecule has 1 heterocycles. The summed E-state index contributed by atoms with van der Waals surface area (Å²) < 4.78 is 5.35. The highest BCUT2D eigenvalue weighted by Crippen LogP contribution is 2.37. The van der Waals surface area contributed by atoms with Crippen LogP contribution in [0.25, 0.3) is 22.5 Å². The lowest BCUT2D eigenvalue weighted by molar-refractivity contribution is -0.384. The molecule has 0 saturated carbocycles. The van der Waals surface area contributed by atoms with Crippen LogP contribution in [0.4, 0.5) is 11.4 Å². The fourth-order valence-electron chi connectivity index (χ4n) is 2.56. The van der Waals surface area contributed by atoms with Gasteiger partial charge in [-0.05, 0) is 35.9 Å². The molecule has 120 valence electrons. The molecule has 0 atom stereocenters. The summed E-state index contributed by atoms with van der Waals surface area (Å²) in [5, 5.41) is 29.7. The van der Waals surface area contributed by atoms with Gasteiger partial charge in [0.15, 0.2) is 0 Å². The number of nitrogens with zero attached hydrogens (tertiary/aromatic N) is 3. The maximum Gasteiger partial charge on any atom is 0.269 e. The molecule has 2 aromatic carbocycles. The molecule has 25 heavy (non-hydrogen) atoms. The Hall–Kier alpha value is -4.10. The summed E-state index contributed by atoms with van der Waals surface area (Å²) >= 11 is 0. The van der Waals surface area contributed by atoms with Gasteiger partial charge in [-0.1, -0.05) is 0 Å². The van der Waals surface area contributed by atoms with Crippen molar-refractivity contribution >= 4 is 11.4 Å². The van der Waals surface area contributed by atoms with Gasteiger partial charge < -0.3 is 10.2 Å². The molecular formula is C18H10N4O3. The molecule has 0 unspecified atom stereocenters. The number of hydrogen-bond donors (Lipinski definition) is 1. The van der Waals surface area contributed by atoms with Crippen molar-refractivity contribution in [3.05, 3.63) is 70.0 Å². The van der Waals surface area contributed by atoms with Crippen molar-refractivity contribution in [2.24, 2.45) is 0 Å². The van der Waals surface area contributed by atoms with E-state index in [-0.39, 0.29) is 22.5 Å². The second-order valence-corrected chi connectivity index (χ2v) is 5.14. The van der Waals surface area contributed by atoms with E-state index in [0.717, 1.165) is 0 Å². The number of rotatable bonds is 3. The molecule has 0 aliphatic carbocycles. The molecular weight excluding hydrogens is 320 g/mol. The Balaban J connectivity index is 2.28. The molecule has 0 amide bonds. The molecule has 0 bridgehead atoms. The standard InChI is InChI=1S/C18H10N4O3/c19-9-15-13(11-3-5-12(6-4-11)22(23)24)8-14(16(10-20)18(15)21)17-2-1-7-25-17/h1-8H,21H2.